The number of fused-ring (bicyclic) bond motifs is 1. The van der Waals surface area contributed by atoms with Crippen molar-refractivity contribution < 1.29 is 17.6 Å². The van der Waals surface area contributed by atoms with E-state index in [1.54, 1.807) is 14.0 Å². The predicted octanol–water partition coefficient (Wildman–Crippen LogP) is 2.19. The maximum atomic E-state index is 13.5. The van der Waals surface area contributed by atoms with Crippen molar-refractivity contribution in [3.8, 4) is 0 Å². The van der Waals surface area contributed by atoms with Gasteiger partial charge < -0.3 is 9.88 Å². The average molecular weight is 424 g/mol. The highest BCUT2D eigenvalue weighted by Crippen LogP contribution is 2.26. The second kappa shape index (κ2) is 8.23. The molecular formula is C20H26FN3O4S. The van der Waals surface area contributed by atoms with Crippen LogP contribution < -0.4 is 5.56 Å². The number of hydrogen-bond donors (Lipinski definition) is 1. The van der Waals surface area contributed by atoms with Crippen LogP contribution in [0.3, 0.4) is 0 Å². The van der Waals surface area contributed by atoms with Crippen LogP contribution in [0.4, 0.5) is 4.39 Å². The number of carbonyl (C=O) groups excluding carboxylic acids is 1. The number of H-pyrrole nitrogens is 1. The van der Waals surface area contributed by atoms with Crippen LogP contribution in [-0.2, 0) is 10.0 Å². The predicted molar refractivity (Wildman–Crippen MR) is 110 cm³/mol. The molecule has 0 saturated carbocycles. The van der Waals surface area contributed by atoms with Gasteiger partial charge >= 0.3 is 0 Å². The van der Waals surface area contributed by atoms with Crippen LogP contribution in [0.5, 0.6) is 0 Å². The van der Waals surface area contributed by atoms with Crippen molar-refractivity contribution >= 4 is 26.8 Å². The van der Waals surface area contributed by atoms with E-state index < -0.39 is 27.3 Å². The van der Waals surface area contributed by atoms with Crippen molar-refractivity contribution in [2.75, 3.05) is 25.9 Å². The number of rotatable bonds is 5. The highest BCUT2D eigenvalue weighted by Gasteiger charge is 2.32. The largest absolute Gasteiger partial charge is 0.339 e. The Hall–Kier alpha value is -2.26. The van der Waals surface area contributed by atoms with Gasteiger partial charge in [0.15, 0.2) is 0 Å². The molecule has 1 aliphatic heterocycles. The first-order chi connectivity index (χ1) is 13.6. The van der Waals surface area contributed by atoms with Crippen molar-refractivity contribution in [1.29, 1.82) is 0 Å². The van der Waals surface area contributed by atoms with Gasteiger partial charge in [0.1, 0.15) is 11.4 Å². The van der Waals surface area contributed by atoms with Crippen LogP contribution in [0.2, 0.25) is 0 Å². The number of aromatic amines is 1. The summed E-state index contributed by atoms with van der Waals surface area (Å²) in [5.41, 5.74) is -0.0892. The van der Waals surface area contributed by atoms with E-state index in [0.29, 0.717) is 36.8 Å². The van der Waals surface area contributed by atoms with Crippen molar-refractivity contribution in [3.63, 3.8) is 0 Å². The second-order valence-electron chi connectivity index (χ2n) is 7.54. The lowest BCUT2D eigenvalue weighted by Gasteiger charge is -2.37. The number of pyridine rings is 1. The monoisotopic (exact) mass is 423 g/mol. The summed E-state index contributed by atoms with van der Waals surface area (Å²) in [6, 6.07) is 5.23. The van der Waals surface area contributed by atoms with E-state index in [9.17, 15) is 22.4 Å². The van der Waals surface area contributed by atoms with E-state index in [2.05, 4.69) is 4.98 Å². The lowest BCUT2D eigenvalue weighted by atomic mass is 9.90. The molecular weight excluding hydrogens is 397 g/mol. The number of amides is 1. The van der Waals surface area contributed by atoms with Crippen LogP contribution in [0, 0.1) is 11.7 Å². The van der Waals surface area contributed by atoms with E-state index in [0.717, 1.165) is 0 Å². The summed E-state index contributed by atoms with van der Waals surface area (Å²) in [5.74, 6) is -0.673. The Morgan fingerprint density at radius 2 is 1.97 bits per heavy atom. The molecule has 0 bridgehead atoms. The second-order valence-corrected chi connectivity index (χ2v) is 9.79. The van der Waals surface area contributed by atoms with Crippen LogP contribution >= 0.6 is 0 Å². The number of hydrogen-bond acceptors (Lipinski definition) is 4. The van der Waals surface area contributed by atoms with Gasteiger partial charge in [-0.25, -0.2) is 17.1 Å². The van der Waals surface area contributed by atoms with Crippen LogP contribution in [0.1, 0.15) is 37.0 Å². The van der Waals surface area contributed by atoms with Crippen molar-refractivity contribution in [2.45, 2.75) is 32.7 Å². The first kappa shape index (κ1) is 21.4. The molecule has 0 spiro atoms. The summed E-state index contributed by atoms with van der Waals surface area (Å²) < 4.78 is 39.1. The highest BCUT2D eigenvalue weighted by atomic mass is 32.2. The van der Waals surface area contributed by atoms with Gasteiger partial charge in [0.05, 0.1) is 5.75 Å². The fraction of sp³-hybridized carbons (Fsp3) is 0.500. The van der Waals surface area contributed by atoms with Crippen molar-refractivity contribution in [3.05, 3.63) is 46.0 Å². The fourth-order valence-corrected chi connectivity index (χ4v) is 4.98. The summed E-state index contributed by atoms with van der Waals surface area (Å²) in [6.07, 6.45) is 1.30. The van der Waals surface area contributed by atoms with Crippen molar-refractivity contribution in [1.82, 2.24) is 14.2 Å². The number of benzene rings is 1. The normalized spacial score (nSPS) is 17.4. The quantitative estimate of drug-likeness (QED) is 0.798. The van der Waals surface area contributed by atoms with Crippen LogP contribution in [-0.4, -0.2) is 60.4 Å². The standard InChI is InChI=1S/C20H26FN3O4S/c1-4-29(27,28)24-9-7-14(8-10-24)13(2)23(3)20(26)17-12-15-11-16(21)5-6-18(15)22-19(17)25/h5-6,11-14H,4,7-10H2,1-3H3,(H,22,25). The molecule has 1 aromatic heterocycles. The fourth-order valence-electron chi connectivity index (χ4n) is 3.85. The minimum Gasteiger partial charge on any atom is -0.339 e. The number of aromatic nitrogens is 1. The zero-order valence-electron chi connectivity index (χ0n) is 16.8. The third kappa shape index (κ3) is 4.35. The molecule has 2 aromatic rings. The molecule has 7 nitrogen and oxygen atoms in total. The Labute approximate surface area is 169 Å². The molecule has 2 heterocycles. The summed E-state index contributed by atoms with van der Waals surface area (Å²) in [7, 11) is -1.57. The van der Waals surface area contributed by atoms with Crippen LogP contribution in [0.25, 0.3) is 10.9 Å². The third-order valence-electron chi connectivity index (χ3n) is 5.91. The van der Waals surface area contributed by atoms with Gasteiger partial charge in [0, 0.05) is 37.1 Å². The van der Waals surface area contributed by atoms with Gasteiger partial charge in [-0.05, 0) is 56.9 Å². The minimum atomic E-state index is -3.20. The molecule has 1 unspecified atom stereocenters. The Morgan fingerprint density at radius 3 is 2.59 bits per heavy atom. The molecule has 9 heteroatoms. The number of carbonyl (C=O) groups is 1. The van der Waals surface area contributed by atoms with E-state index in [-0.39, 0.29) is 23.3 Å². The molecule has 1 aromatic carbocycles. The zero-order valence-corrected chi connectivity index (χ0v) is 17.6. The highest BCUT2D eigenvalue weighted by molar-refractivity contribution is 7.89. The maximum absolute atomic E-state index is 13.5. The van der Waals surface area contributed by atoms with E-state index in [1.165, 1.54) is 33.5 Å². The van der Waals surface area contributed by atoms with E-state index >= 15 is 0 Å². The minimum absolute atomic E-state index is 0.0385. The van der Waals surface area contributed by atoms with Gasteiger partial charge in [-0.15, -0.1) is 0 Å². The summed E-state index contributed by atoms with van der Waals surface area (Å²) in [4.78, 5) is 29.5. The maximum Gasteiger partial charge on any atom is 0.261 e. The number of nitrogens with one attached hydrogen (secondary N) is 1. The first-order valence-corrected chi connectivity index (χ1v) is 11.3. The lowest BCUT2D eigenvalue weighted by molar-refractivity contribution is 0.0651. The Bertz CT molecular complexity index is 1070. The number of nitrogens with zero attached hydrogens (tertiary/aromatic N) is 2. The first-order valence-electron chi connectivity index (χ1n) is 9.71. The Kier molecular flexibility index (Phi) is 6.09. The zero-order chi connectivity index (χ0) is 21.3. The smallest absolute Gasteiger partial charge is 0.261 e. The SMILES string of the molecule is CCS(=O)(=O)N1CCC(C(C)N(C)C(=O)c2cc3cc(F)ccc3[nH]c2=O)CC1. The average Bonchev–Trinajstić information content (AvgIpc) is 2.72. The van der Waals surface area contributed by atoms with Gasteiger partial charge in [-0.2, -0.15) is 0 Å². The van der Waals surface area contributed by atoms with Crippen LogP contribution in [0.15, 0.2) is 29.1 Å². The van der Waals surface area contributed by atoms with Gasteiger partial charge in [-0.1, -0.05) is 0 Å². The topological polar surface area (TPSA) is 90.6 Å². The molecule has 1 saturated heterocycles. The third-order valence-corrected chi connectivity index (χ3v) is 7.79. The van der Waals surface area contributed by atoms with E-state index in [4.69, 9.17) is 0 Å². The molecule has 29 heavy (non-hydrogen) atoms. The molecule has 158 valence electrons. The van der Waals surface area contributed by atoms with Gasteiger partial charge in [0.25, 0.3) is 11.5 Å². The number of piperidine rings is 1. The summed E-state index contributed by atoms with van der Waals surface area (Å²) >= 11 is 0. The Morgan fingerprint density at radius 1 is 1.31 bits per heavy atom. The molecule has 1 fully saturated rings. The molecule has 3 rings (SSSR count). The lowest BCUT2D eigenvalue weighted by Crippen LogP contribution is -2.47. The molecule has 1 atom stereocenters. The van der Waals surface area contributed by atoms with Crippen molar-refractivity contribution in [2.24, 2.45) is 5.92 Å². The summed E-state index contributed by atoms with van der Waals surface area (Å²) in [6.45, 7) is 4.40. The summed E-state index contributed by atoms with van der Waals surface area (Å²) in [5, 5.41) is 0.451. The number of halogens is 1. The molecule has 0 radical (unpaired) electrons. The Balaban J connectivity index is 1.76. The molecule has 1 aliphatic rings. The van der Waals surface area contributed by atoms with Gasteiger partial charge in [0.2, 0.25) is 10.0 Å². The van der Waals surface area contributed by atoms with Gasteiger partial charge in [-0.3, -0.25) is 9.59 Å². The molecule has 1 N–H and O–H groups in total. The molecule has 0 aliphatic carbocycles. The molecule has 1 amide bonds. The number of sulfonamides is 1. The van der Waals surface area contributed by atoms with E-state index in [1.807, 2.05) is 6.92 Å².